The second-order valence-corrected chi connectivity index (χ2v) is 5.57. The number of rotatable bonds is 10. The van der Waals surface area contributed by atoms with E-state index in [0.29, 0.717) is 47.5 Å². The second kappa shape index (κ2) is 10.2. The van der Waals surface area contributed by atoms with Crippen molar-refractivity contribution in [2.24, 2.45) is 0 Å². The number of pyridine rings is 1. The molecule has 1 heterocycles. The van der Waals surface area contributed by atoms with Crippen molar-refractivity contribution < 1.29 is 23.7 Å². The SMILES string of the molecule is COCCCNc1cc(C(=O)Nc2cc(OC)c(OC)c(OC)c2)ccn1. The molecule has 0 saturated carbocycles. The highest BCUT2D eigenvalue weighted by Gasteiger charge is 2.15. The van der Waals surface area contributed by atoms with Crippen LogP contribution in [-0.4, -0.2) is 52.5 Å². The molecule has 2 aromatic rings. The van der Waals surface area contributed by atoms with Crippen molar-refractivity contribution >= 4 is 17.4 Å². The summed E-state index contributed by atoms with van der Waals surface area (Å²) in [6.07, 6.45) is 2.43. The van der Waals surface area contributed by atoms with Crippen molar-refractivity contribution in [3.8, 4) is 17.2 Å². The molecule has 146 valence electrons. The van der Waals surface area contributed by atoms with Crippen LogP contribution in [0.5, 0.6) is 17.2 Å². The standard InChI is InChI=1S/C19H25N3O5/c1-24-9-5-7-20-17-10-13(6-8-21-17)19(23)22-14-11-15(25-2)18(27-4)16(12-14)26-3/h6,8,10-12H,5,7,9H2,1-4H3,(H,20,21)(H,22,23). The molecule has 0 atom stereocenters. The Morgan fingerprint density at radius 2 is 1.74 bits per heavy atom. The molecule has 1 amide bonds. The lowest BCUT2D eigenvalue weighted by atomic mass is 10.2. The molecule has 8 nitrogen and oxygen atoms in total. The number of nitrogens with zero attached hydrogens (tertiary/aromatic N) is 1. The number of amides is 1. The van der Waals surface area contributed by atoms with E-state index in [1.807, 2.05) is 0 Å². The summed E-state index contributed by atoms with van der Waals surface area (Å²) in [6, 6.07) is 6.68. The van der Waals surface area contributed by atoms with Gasteiger partial charge in [0.15, 0.2) is 11.5 Å². The molecule has 2 N–H and O–H groups in total. The maximum Gasteiger partial charge on any atom is 0.255 e. The molecule has 0 fully saturated rings. The van der Waals surface area contributed by atoms with Crippen LogP contribution in [-0.2, 0) is 4.74 Å². The normalized spacial score (nSPS) is 10.2. The van der Waals surface area contributed by atoms with Crippen molar-refractivity contribution in [2.75, 3.05) is 52.2 Å². The molecule has 1 aromatic heterocycles. The van der Waals surface area contributed by atoms with Crippen LogP contribution in [0.1, 0.15) is 16.8 Å². The van der Waals surface area contributed by atoms with Gasteiger partial charge in [-0.1, -0.05) is 0 Å². The molecule has 27 heavy (non-hydrogen) atoms. The van der Waals surface area contributed by atoms with Gasteiger partial charge in [0.05, 0.1) is 21.3 Å². The van der Waals surface area contributed by atoms with Gasteiger partial charge >= 0.3 is 0 Å². The Morgan fingerprint density at radius 3 is 2.33 bits per heavy atom. The Labute approximate surface area is 158 Å². The fraction of sp³-hybridized carbons (Fsp3) is 0.368. The molecule has 0 aliphatic heterocycles. The summed E-state index contributed by atoms with van der Waals surface area (Å²) in [6.45, 7) is 1.37. The minimum atomic E-state index is -0.272. The fourth-order valence-corrected chi connectivity index (χ4v) is 2.46. The average molecular weight is 375 g/mol. The molecule has 8 heteroatoms. The minimum Gasteiger partial charge on any atom is -0.493 e. The molecule has 2 rings (SSSR count). The van der Waals surface area contributed by atoms with Crippen molar-refractivity contribution in [3.63, 3.8) is 0 Å². The molecule has 0 spiro atoms. The monoisotopic (exact) mass is 375 g/mol. The Bertz CT molecular complexity index is 742. The zero-order valence-corrected chi connectivity index (χ0v) is 16.0. The highest BCUT2D eigenvalue weighted by atomic mass is 16.5. The zero-order chi connectivity index (χ0) is 19.6. The average Bonchev–Trinajstić information content (AvgIpc) is 2.70. The van der Waals surface area contributed by atoms with Gasteiger partial charge in [0.25, 0.3) is 5.91 Å². The van der Waals surface area contributed by atoms with Crippen LogP contribution in [0.2, 0.25) is 0 Å². The van der Waals surface area contributed by atoms with Crippen LogP contribution in [0.25, 0.3) is 0 Å². The third-order valence-corrected chi connectivity index (χ3v) is 3.78. The van der Waals surface area contributed by atoms with Gasteiger partial charge in [-0.3, -0.25) is 4.79 Å². The third kappa shape index (κ3) is 5.49. The number of carbonyl (C=O) groups excluding carboxylic acids is 1. The third-order valence-electron chi connectivity index (χ3n) is 3.78. The van der Waals surface area contributed by atoms with Gasteiger partial charge in [-0.25, -0.2) is 4.98 Å². The number of methoxy groups -OCH3 is 4. The molecule has 1 aromatic carbocycles. The smallest absolute Gasteiger partial charge is 0.255 e. The van der Waals surface area contributed by atoms with Gasteiger partial charge in [-0.2, -0.15) is 0 Å². The van der Waals surface area contributed by atoms with Crippen LogP contribution >= 0.6 is 0 Å². The topological polar surface area (TPSA) is 90.9 Å². The number of carbonyl (C=O) groups is 1. The van der Waals surface area contributed by atoms with Crippen molar-refractivity contribution in [3.05, 3.63) is 36.0 Å². The Balaban J connectivity index is 2.13. The van der Waals surface area contributed by atoms with Crippen LogP contribution in [0.3, 0.4) is 0 Å². The first-order chi connectivity index (χ1) is 13.1. The van der Waals surface area contributed by atoms with Gasteiger partial charge in [0.1, 0.15) is 5.82 Å². The first-order valence-corrected chi connectivity index (χ1v) is 8.43. The lowest BCUT2D eigenvalue weighted by Crippen LogP contribution is -2.13. The molecular weight excluding hydrogens is 350 g/mol. The first-order valence-electron chi connectivity index (χ1n) is 8.43. The Kier molecular flexibility index (Phi) is 7.69. The fourth-order valence-electron chi connectivity index (χ4n) is 2.46. The predicted molar refractivity (Wildman–Crippen MR) is 103 cm³/mol. The maximum atomic E-state index is 12.6. The number of aromatic nitrogens is 1. The first kappa shape index (κ1) is 20.3. The van der Waals surface area contributed by atoms with E-state index < -0.39 is 0 Å². The van der Waals surface area contributed by atoms with Crippen molar-refractivity contribution in [1.29, 1.82) is 0 Å². The molecular formula is C19H25N3O5. The molecule has 0 saturated heterocycles. The largest absolute Gasteiger partial charge is 0.493 e. The lowest BCUT2D eigenvalue weighted by Gasteiger charge is -2.14. The van der Waals surface area contributed by atoms with Gasteiger partial charge < -0.3 is 29.6 Å². The summed E-state index contributed by atoms with van der Waals surface area (Å²) in [4.78, 5) is 16.8. The molecule has 0 aliphatic carbocycles. The maximum absolute atomic E-state index is 12.6. The number of anilines is 2. The van der Waals surface area contributed by atoms with E-state index in [1.165, 1.54) is 21.3 Å². The summed E-state index contributed by atoms with van der Waals surface area (Å²) in [5.74, 6) is 1.74. The number of hydrogen-bond donors (Lipinski definition) is 2. The van der Waals surface area contributed by atoms with Crippen LogP contribution in [0, 0.1) is 0 Å². The second-order valence-electron chi connectivity index (χ2n) is 5.57. The number of nitrogens with one attached hydrogen (secondary N) is 2. The quantitative estimate of drug-likeness (QED) is 0.617. The van der Waals surface area contributed by atoms with Gasteiger partial charge in [-0.15, -0.1) is 0 Å². The van der Waals surface area contributed by atoms with Gasteiger partial charge in [0.2, 0.25) is 5.75 Å². The van der Waals surface area contributed by atoms with E-state index in [-0.39, 0.29) is 5.91 Å². The van der Waals surface area contributed by atoms with Crippen LogP contribution in [0.15, 0.2) is 30.5 Å². The summed E-state index contributed by atoms with van der Waals surface area (Å²) in [5.41, 5.74) is 1.01. The zero-order valence-electron chi connectivity index (χ0n) is 16.0. The summed E-state index contributed by atoms with van der Waals surface area (Å²) >= 11 is 0. The van der Waals surface area contributed by atoms with E-state index >= 15 is 0 Å². The predicted octanol–water partition coefficient (Wildman–Crippen LogP) is 2.81. The Hall–Kier alpha value is -3.00. The summed E-state index contributed by atoms with van der Waals surface area (Å²) < 4.78 is 20.9. The number of benzene rings is 1. The molecule has 0 unspecified atom stereocenters. The van der Waals surface area contributed by atoms with E-state index in [4.69, 9.17) is 18.9 Å². The number of hydrogen-bond acceptors (Lipinski definition) is 7. The van der Waals surface area contributed by atoms with Crippen molar-refractivity contribution in [1.82, 2.24) is 4.98 Å². The van der Waals surface area contributed by atoms with E-state index in [9.17, 15) is 4.79 Å². The lowest BCUT2D eigenvalue weighted by molar-refractivity contribution is 0.102. The van der Waals surface area contributed by atoms with Crippen molar-refractivity contribution in [2.45, 2.75) is 6.42 Å². The summed E-state index contributed by atoms with van der Waals surface area (Å²) in [7, 11) is 6.23. The number of ether oxygens (including phenoxy) is 4. The minimum absolute atomic E-state index is 0.272. The highest BCUT2D eigenvalue weighted by molar-refractivity contribution is 6.04. The van der Waals surface area contributed by atoms with Crippen LogP contribution < -0.4 is 24.8 Å². The van der Waals surface area contributed by atoms with Gasteiger partial charge in [-0.05, 0) is 18.6 Å². The molecule has 0 bridgehead atoms. The van der Waals surface area contributed by atoms with Crippen LogP contribution in [0.4, 0.5) is 11.5 Å². The van der Waals surface area contributed by atoms with E-state index in [1.54, 1.807) is 37.6 Å². The van der Waals surface area contributed by atoms with E-state index in [0.717, 1.165) is 6.42 Å². The Morgan fingerprint density at radius 1 is 1.04 bits per heavy atom. The van der Waals surface area contributed by atoms with Gasteiger partial charge in [0, 0.05) is 49.8 Å². The van der Waals surface area contributed by atoms with E-state index in [2.05, 4.69) is 15.6 Å². The molecule has 0 aliphatic rings. The highest BCUT2D eigenvalue weighted by Crippen LogP contribution is 2.40. The summed E-state index contributed by atoms with van der Waals surface area (Å²) in [5, 5.41) is 6.00. The molecule has 0 radical (unpaired) electrons.